The Kier molecular flexibility index (Phi) is 5.86. The molecule has 6 nitrogen and oxygen atoms in total. The van der Waals surface area contributed by atoms with Gasteiger partial charge < -0.3 is 19.3 Å². The molecule has 0 saturated carbocycles. The Hall–Kier alpha value is -2.73. The van der Waals surface area contributed by atoms with Gasteiger partial charge in [0.2, 0.25) is 11.8 Å². The highest BCUT2D eigenvalue weighted by atomic mass is 35.5. The second kappa shape index (κ2) is 8.56. The maximum Gasteiger partial charge on any atom is 0.228 e. The molecule has 2 aliphatic heterocycles. The molecule has 0 N–H and O–H groups in total. The average Bonchev–Trinajstić information content (AvgIpc) is 3.40. The zero-order valence-electron chi connectivity index (χ0n) is 17.1. The van der Waals surface area contributed by atoms with Crippen LogP contribution in [0.2, 0.25) is 5.02 Å². The zero-order valence-corrected chi connectivity index (χ0v) is 17.9. The second-order valence-corrected chi connectivity index (χ2v) is 8.07. The molecule has 2 heterocycles. The summed E-state index contributed by atoms with van der Waals surface area (Å²) in [5.74, 6) is 0.900. The first-order valence-corrected chi connectivity index (χ1v) is 10.5. The molecule has 7 heteroatoms. The fourth-order valence-corrected chi connectivity index (χ4v) is 4.69. The number of nitrogens with zero attached hydrogens (tertiary/aromatic N) is 2. The molecule has 2 aromatic rings. The molecule has 2 amide bonds. The number of rotatable bonds is 5. The van der Waals surface area contributed by atoms with E-state index in [1.165, 1.54) is 0 Å². The van der Waals surface area contributed by atoms with E-state index in [2.05, 4.69) is 0 Å². The van der Waals surface area contributed by atoms with Gasteiger partial charge in [-0.05, 0) is 42.7 Å². The van der Waals surface area contributed by atoms with Gasteiger partial charge in [0.05, 0.1) is 36.9 Å². The molecule has 0 radical (unpaired) electrons. The molecule has 2 aliphatic rings. The summed E-state index contributed by atoms with van der Waals surface area (Å²) in [5.41, 5.74) is 1.68. The van der Waals surface area contributed by atoms with Crippen molar-refractivity contribution in [3.63, 3.8) is 0 Å². The summed E-state index contributed by atoms with van der Waals surface area (Å²) in [6.07, 6.45) is 2.02. The lowest BCUT2D eigenvalue weighted by atomic mass is 10.0. The van der Waals surface area contributed by atoms with Gasteiger partial charge in [0.1, 0.15) is 0 Å². The standard InChI is InChI=1S/C23H25ClN2O4/c1-29-20-10-9-15(12-21(20)30-2)18-8-5-11-25(18)23(28)16-13-22(27)26(14-16)19-7-4-3-6-17(19)24/h3-4,6-7,9-10,12,16,18H,5,8,11,13-14H2,1-2H3/t16-,18-/m1/s1. The van der Waals surface area contributed by atoms with E-state index in [1.54, 1.807) is 25.2 Å². The van der Waals surface area contributed by atoms with Crippen LogP contribution in [0.25, 0.3) is 0 Å². The maximum atomic E-state index is 13.4. The summed E-state index contributed by atoms with van der Waals surface area (Å²) in [4.78, 5) is 29.5. The Morgan fingerprint density at radius 2 is 1.87 bits per heavy atom. The van der Waals surface area contributed by atoms with Crippen LogP contribution in [0.5, 0.6) is 11.5 Å². The minimum Gasteiger partial charge on any atom is -0.493 e. The van der Waals surface area contributed by atoms with Crippen molar-refractivity contribution in [3.05, 3.63) is 53.1 Å². The van der Waals surface area contributed by atoms with E-state index in [4.69, 9.17) is 21.1 Å². The molecule has 30 heavy (non-hydrogen) atoms. The number of hydrogen-bond acceptors (Lipinski definition) is 4. The number of likely N-dealkylation sites (tertiary alicyclic amines) is 1. The molecular formula is C23H25ClN2O4. The molecule has 0 aliphatic carbocycles. The number of methoxy groups -OCH3 is 2. The SMILES string of the molecule is COc1ccc([C@H]2CCCN2C(=O)[C@@H]2CC(=O)N(c3ccccc3Cl)C2)cc1OC. The first-order chi connectivity index (χ1) is 14.5. The van der Waals surface area contributed by atoms with E-state index in [-0.39, 0.29) is 30.2 Å². The Morgan fingerprint density at radius 3 is 2.60 bits per heavy atom. The number of anilines is 1. The van der Waals surface area contributed by atoms with E-state index in [0.29, 0.717) is 35.3 Å². The van der Waals surface area contributed by atoms with Gasteiger partial charge in [0.25, 0.3) is 0 Å². The number of para-hydroxylation sites is 1. The van der Waals surface area contributed by atoms with Gasteiger partial charge in [-0.15, -0.1) is 0 Å². The molecule has 2 fully saturated rings. The van der Waals surface area contributed by atoms with Crippen molar-refractivity contribution in [1.82, 2.24) is 4.90 Å². The predicted octanol–water partition coefficient (Wildman–Crippen LogP) is 4.07. The van der Waals surface area contributed by atoms with Crippen LogP contribution in [0.1, 0.15) is 30.9 Å². The molecular weight excluding hydrogens is 404 g/mol. The number of halogens is 1. The number of carbonyl (C=O) groups is 2. The highest BCUT2D eigenvalue weighted by Gasteiger charge is 2.41. The van der Waals surface area contributed by atoms with Crippen molar-refractivity contribution in [1.29, 1.82) is 0 Å². The van der Waals surface area contributed by atoms with Crippen LogP contribution in [-0.4, -0.2) is 44.0 Å². The van der Waals surface area contributed by atoms with Crippen LogP contribution in [-0.2, 0) is 9.59 Å². The van der Waals surface area contributed by atoms with Gasteiger partial charge in [-0.1, -0.05) is 29.8 Å². The van der Waals surface area contributed by atoms with Crippen molar-refractivity contribution >= 4 is 29.1 Å². The van der Waals surface area contributed by atoms with E-state index in [9.17, 15) is 9.59 Å². The topological polar surface area (TPSA) is 59.1 Å². The molecule has 2 atom stereocenters. The molecule has 0 spiro atoms. The van der Waals surface area contributed by atoms with E-state index in [1.807, 2.05) is 41.3 Å². The highest BCUT2D eigenvalue weighted by molar-refractivity contribution is 6.33. The van der Waals surface area contributed by atoms with Crippen LogP contribution in [0, 0.1) is 5.92 Å². The highest BCUT2D eigenvalue weighted by Crippen LogP contribution is 2.39. The van der Waals surface area contributed by atoms with E-state index >= 15 is 0 Å². The molecule has 2 aromatic carbocycles. The minimum absolute atomic E-state index is 0.0233. The van der Waals surface area contributed by atoms with Crippen LogP contribution in [0.4, 0.5) is 5.69 Å². The van der Waals surface area contributed by atoms with Gasteiger partial charge in [0, 0.05) is 19.5 Å². The zero-order chi connectivity index (χ0) is 21.3. The monoisotopic (exact) mass is 428 g/mol. The van der Waals surface area contributed by atoms with Crippen molar-refractivity contribution < 1.29 is 19.1 Å². The number of amides is 2. The fraction of sp³-hybridized carbons (Fsp3) is 0.391. The summed E-state index contributed by atoms with van der Waals surface area (Å²) in [6.45, 7) is 1.05. The Morgan fingerprint density at radius 1 is 1.10 bits per heavy atom. The molecule has 0 aromatic heterocycles. The number of hydrogen-bond donors (Lipinski definition) is 0. The number of carbonyl (C=O) groups excluding carboxylic acids is 2. The third-order valence-corrected chi connectivity index (χ3v) is 6.27. The van der Waals surface area contributed by atoms with Gasteiger partial charge in [0.15, 0.2) is 11.5 Å². The Bertz CT molecular complexity index is 964. The largest absolute Gasteiger partial charge is 0.493 e. The van der Waals surface area contributed by atoms with Crippen molar-refractivity contribution in [2.45, 2.75) is 25.3 Å². The van der Waals surface area contributed by atoms with Crippen LogP contribution < -0.4 is 14.4 Å². The van der Waals surface area contributed by atoms with Gasteiger partial charge >= 0.3 is 0 Å². The lowest BCUT2D eigenvalue weighted by molar-refractivity contribution is -0.136. The molecule has 158 valence electrons. The van der Waals surface area contributed by atoms with Crippen LogP contribution in [0.15, 0.2) is 42.5 Å². The molecule has 0 unspecified atom stereocenters. The number of ether oxygens (including phenoxy) is 2. The molecule has 4 rings (SSSR count). The van der Waals surface area contributed by atoms with Gasteiger partial charge in [-0.3, -0.25) is 9.59 Å². The lowest BCUT2D eigenvalue weighted by Crippen LogP contribution is -2.37. The second-order valence-electron chi connectivity index (χ2n) is 7.66. The smallest absolute Gasteiger partial charge is 0.228 e. The Balaban J connectivity index is 1.53. The summed E-state index contributed by atoms with van der Waals surface area (Å²) in [5, 5.41) is 0.517. The lowest BCUT2D eigenvalue weighted by Gasteiger charge is -2.28. The summed E-state index contributed by atoms with van der Waals surface area (Å²) >= 11 is 6.27. The molecule has 2 saturated heterocycles. The minimum atomic E-state index is -0.366. The number of benzene rings is 2. The average molecular weight is 429 g/mol. The van der Waals surface area contributed by atoms with Crippen molar-refractivity contribution in [2.75, 3.05) is 32.2 Å². The van der Waals surface area contributed by atoms with Gasteiger partial charge in [-0.2, -0.15) is 0 Å². The van der Waals surface area contributed by atoms with Crippen LogP contribution >= 0.6 is 11.6 Å². The summed E-state index contributed by atoms with van der Waals surface area (Å²) < 4.78 is 10.8. The fourth-order valence-electron chi connectivity index (χ4n) is 4.45. The first-order valence-electron chi connectivity index (χ1n) is 10.1. The summed E-state index contributed by atoms with van der Waals surface area (Å²) in [7, 11) is 3.21. The quantitative estimate of drug-likeness (QED) is 0.720. The van der Waals surface area contributed by atoms with Gasteiger partial charge in [-0.25, -0.2) is 0 Å². The van der Waals surface area contributed by atoms with E-state index in [0.717, 1.165) is 18.4 Å². The van der Waals surface area contributed by atoms with E-state index < -0.39 is 0 Å². The maximum absolute atomic E-state index is 13.4. The van der Waals surface area contributed by atoms with Crippen LogP contribution in [0.3, 0.4) is 0 Å². The molecule has 0 bridgehead atoms. The summed E-state index contributed by atoms with van der Waals surface area (Å²) in [6, 6.07) is 13.0. The van der Waals surface area contributed by atoms with Crippen molar-refractivity contribution in [2.24, 2.45) is 5.92 Å². The normalized spacial score (nSPS) is 21.2. The third kappa shape index (κ3) is 3.72. The Labute approximate surface area is 181 Å². The predicted molar refractivity (Wildman–Crippen MR) is 115 cm³/mol. The first kappa shape index (κ1) is 20.5. The third-order valence-electron chi connectivity index (χ3n) is 5.95. The van der Waals surface area contributed by atoms with Crippen molar-refractivity contribution in [3.8, 4) is 11.5 Å².